The van der Waals surface area contributed by atoms with E-state index in [4.69, 9.17) is 4.74 Å². The zero-order valence-electron chi connectivity index (χ0n) is 19.1. The minimum atomic E-state index is 0.0665. The number of methoxy groups -OCH3 is 1. The largest absolute Gasteiger partial charge is 0.496 e. The Labute approximate surface area is 186 Å². The maximum absolute atomic E-state index is 13.6. The van der Waals surface area contributed by atoms with Crippen LogP contribution >= 0.6 is 0 Å². The Kier molecular flexibility index (Phi) is 6.81. The summed E-state index contributed by atoms with van der Waals surface area (Å²) < 4.78 is 5.60. The number of anilines is 1. The van der Waals surface area contributed by atoms with Crippen LogP contribution < -0.4 is 15.0 Å². The van der Waals surface area contributed by atoms with E-state index in [0.717, 1.165) is 55.9 Å². The number of amides is 1. The Morgan fingerprint density at radius 2 is 1.94 bits per heavy atom. The first-order chi connectivity index (χ1) is 15.1. The van der Waals surface area contributed by atoms with Crippen LogP contribution in [0.4, 0.5) is 5.69 Å². The normalized spacial score (nSPS) is 17.1. The van der Waals surface area contributed by atoms with Crippen LogP contribution in [0.15, 0.2) is 36.4 Å². The van der Waals surface area contributed by atoms with Gasteiger partial charge in [0.05, 0.1) is 13.2 Å². The average molecular weight is 422 g/mol. The van der Waals surface area contributed by atoms with Crippen LogP contribution in [0, 0.1) is 6.92 Å². The summed E-state index contributed by atoms with van der Waals surface area (Å²) in [5, 5.41) is 3.42. The molecule has 2 aliphatic rings. The third-order valence-corrected chi connectivity index (χ3v) is 6.70. The Hall–Kier alpha value is -2.53. The molecule has 0 radical (unpaired) electrons. The molecule has 1 amide bonds. The summed E-state index contributed by atoms with van der Waals surface area (Å²) in [5.41, 5.74) is 5.58. The molecule has 0 bridgehead atoms. The Morgan fingerprint density at radius 1 is 1.13 bits per heavy atom. The molecule has 166 valence electrons. The van der Waals surface area contributed by atoms with E-state index in [9.17, 15) is 4.79 Å². The standard InChI is InChI=1S/C26H35N3O2/c1-4-5-6-9-23(20-12-11-19(2)25(17-20)31-3)29-18-22-21(26(29)30)8-7-10-24(22)28-15-13-27-14-16-28/h7-8,10-12,17,23,27H,4-6,9,13-16,18H2,1-3H3/t23-/m1/s1. The van der Waals surface area contributed by atoms with Crippen LogP contribution in [0.3, 0.4) is 0 Å². The molecule has 1 saturated heterocycles. The number of nitrogens with zero attached hydrogens (tertiary/aromatic N) is 2. The lowest BCUT2D eigenvalue weighted by Crippen LogP contribution is -2.43. The number of benzene rings is 2. The van der Waals surface area contributed by atoms with Crippen LogP contribution in [0.1, 0.15) is 65.7 Å². The Bertz CT molecular complexity index is 921. The van der Waals surface area contributed by atoms with Gasteiger partial charge < -0.3 is 19.9 Å². The van der Waals surface area contributed by atoms with Crippen molar-refractivity contribution < 1.29 is 9.53 Å². The highest BCUT2D eigenvalue weighted by Crippen LogP contribution is 2.39. The van der Waals surface area contributed by atoms with Gasteiger partial charge in [0.15, 0.2) is 0 Å². The van der Waals surface area contributed by atoms with Crippen molar-refractivity contribution in [3.63, 3.8) is 0 Å². The van der Waals surface area contributed by atoms with E-state index >= 15 is 0 Å². The molecule has 0 aliphatic carbocycles. The van der Waals surface area contributed by atoms with E-state index in [1.807, 2.05) is 12.1 Å². The zero-order valence-corrected chi connectivity index (χ0v) is 19.1. The molecule has 1 fully saturated rings. The number of aryl methyl sites for hydroxylation is 1. The fourth-order valence-corrected chi connectivity index (χ4v) is 4.93. The van der Waals surface area contributed by atoms with Crippen LogP contribution in [-0.2, 0) is 6.54 Å². The second-order valence-electron chi connectivity index (χ2n) is 8.71. The van der Waals surface area contributed by atoms with Crippen molar-refractivity contribution in [2.24, 2.45) is 0 Å². The summed E-state index contributed by atoms with van der Waals surface area (Å²) in [6.45, 7) is 8.92. The van der Waals surface area contributed by atoms with Crippen molar-refractivity contribution in [1.82, 2.24) is 10.2 Å². The molecule has 1 atom stereocenters. The van der Waals surface area contributed by atoms with Crippen molar-refractivity contribution in [3.05, 3.63) is 58.7 Å². The third-order valence-electron chi connectivity index (χ3n) is 6.70. The van der Waals surface area contributed by atoms with Crippen LogP contribution in [0.25, 0.3) is 0 Å². The van der Waals surface area contributed by atoms with Crippen molar-refractivity contribution in [2.75, 3.05) is 38.2 Å². The predicted molar refractivity (Wildman–Crippen MR) is 126 cm³/mol. The number of ether oxygens (including phenoxy) is 1. The Balaban J connectivity index is 1.66. The summed E-state index contributed by atoms with van der Waals surface area (Å²) in [7, 11) is 1.72. The van der Waals surface area contributed by atoms with Gasteiger partial charge >= 0.3 is 0 Å². The molecule has 0 spiro atoms. The molecule has 2 heterocycles. The van der Waals surface area contributed by atoms with E-state index in [1.165, 1.54) is 29.7 Å². The number of piperazine rings is 1. The van der Waals surface area contributed by atoms with Crippen molar-refractivity contribution >= 4 is 11.6 Å². The molecule has 0 aromatic heterocycles. The summed E-state index contributed by atoms with van der Waals surface area (Å²) in [6.07, 6.45) is 4.44. The van der Waals surface area contributed by atoms with E-state index in [-0.39, 0.29) is 11.9 Å². The average Bonchev–Trinajstić information content (AvgIpc) is 3.14. The number of unbranched alkanes of at least 4 members (excludes halogenated alkanes) is 2. The van der Waals surface area contributed by atoms with Crippen LogP contribution in [0.5, 0.6) is 5.75 Å². The van der Waals surface area contributed by atoms with E-state index in [0.29, 0.717) is 6.54 Å². The second kappa shape index (κ2) is 9.73. The number of carbonyl (C=O) groups excluding carboxylic acids is 1. The number of carbonyl (C=O) groups is 1. The maximum Gasteiger partial charge on any atom is 0.255 e. The molecular formula is C26H35N3O2. The quantitative estimate of drug-likeness (QED) is 0.628. The van der Waals surface area contributed by atoms with Gasteiger partial charge in [-0.25, -0.2) is 0 Å². The number of hydrogen-bond donors (Lipinski definition) is 1. The van der Waals surface area contributed by atoms with Gasteiger partial charge in [-0.05, 0) is 42.7 Å². The smallest absolute Gasteiger partial charge is 0.255 e. The molecule has 2 aliphatic heterocycles. The maximum atomic E-state index is 13.6. The molecule has 31 heavy (non-hydrogen) atoms. The molecule has 5 nitrogen and oxygen atoms in total. The summed E-state index contributed by atoms with van der Waals surface area (Å²) in [4.78, 5) is 18.1. The number of fused-ring (bicyclic) bond motifs is 1. The van der Waals surface area contributed by atoms with Gasteiger partial charge in [-0.2, -0.15) is 0 Å². The summed E-state index contributed by atoms with van der Waals surface area (Å²) in [6, 6.07) is 12.7. The topological polar surface area (TPSA) is 44.8 Å². The van der Waals surface area contributed by atoms with Crippen LogP contribution in [-0.4, -0.2) is 44.1 Å². The molecule has 5 heteroatoms. The first kappa shape index (κ1) is 21.7. The molecule has 1 N–H and O–H groups in total. The second-order valence-corrected chi connectivity index (χ2v) is 8.71. The first-order valence-corrected chi connectivity index (χ1v) is 11.7. The fourth-order valence-electron chi connectivity index (χ4n) is 4.93. The highest BCUT2D eigenvalue weighted by molar-refractivity contribution is 6.00. The summed E-state index contributed by atoms with van der Waals surface area (Å²) >= 11 is 0. The zero-order chi connectivity index (χ0) is 21.8. The van der Waals surface area contributed by atoms with E-state index in [1.54, 1.807) is 7.11 Å². The first-order valence-electron chi connectivity index (χ1n) is 11.7. The highest BCUT2D eigenvalue weighted by Gasteiger charge is 2.35. The van der Waals surface area contributed by atoms with Crippen molar-refractivity contribution in [3.8, 4) is 5.75 Å². The number of nitrogens with one attached hydrogen (secondary N) is 1. The fraction of sp³-hybridized carbons (Fsp3) is 0.500. The van der Waals surface area contributed by atoms with E-state index in [2.05, 4.69) is 53.2 Å². The van der Waals surface area contributed by atoms with Gasteiger partial charge in [0.1, 0.15) is 5.75 Å². The van der Waals surface area contributed by atoms with E-state index < -0.39 is 0 Å². The molecular weight excluding hydrogens is 386 g/mol. The highest BCUT2D eigenvalue weighted by atomic mass is 16.5. The van der Waals surface area contributed by atoms with Gasteiger partial charge in [0, 0.05) is 49.5 Å². The summed E-state index contributed by atoms with van der Waals surface area (Å²) in [5.74, 6) is 1.05. The SMILES string of the molecule is CCCCC[C@H](c1ccc(C)c(OC)c1)N1Cc2c(cccc2N2CCNCC2)C1=O. The number of hydrogen-bond acceptors (Lipinski definition) is 4. The van der Waals surface area contributed by atoms with Crippen molar-refractivity contribution in [2.45, 2.75) is 52.1 Å². The lowest BCUT2D eigenvalue weighted by Gasteiger charge is -2.32. The lowest BCUT2D eigenvalue weighted by molar-refractivity contribution is 0.0688. The van der Waals surface area contributed by atoms with Gasteiger partial charge in [-0.3, -0.25) is 4.79 Å². The molecule has 0 saturated carbocycles. The van der Waals surface area contributed by atoms with Gasteiger partial charge in [0.2, 0.25) is 0 Å². The predicted octanol–water partition coefficient (Wildman–Crippen LogP) is 4.69. The van der Waals surface area contributed by atoms with Crippen molar-refractivity contribution in [1.29, 1.82) is 0 Å². The number of rotatable bonds is 8. The monoisotopic (exact) mass is 421 g/mol. The van der Waals surface area contributed by atoms with Crippen LogP contribution in [0.2, 0.25) is 0 Å². The lowest BCUT2D eigenvalue weighted by atomic mass is 9.97. The third kappa shape index (κ3) is 4.42. The molecule has 2 aromatic rings. The van der Waals surface area contributed by atoms with Gasteiger partial charge in [-0.1, -0.05) is 44.4 Å². The molecule has 0 unspecified atom stereocenters. The minimum absolute atomic E-state index is 0.0665. The molecule has 4 rings (SSSR count). The van der Waals surface area contributed by atoms with Gasteiger partial charge in [0.25, 0.3) is 5.91 Å². The Morgan fingerprint density at radius 3 is 2.68 bits per heavy atom. The molecule has 2 aromatic carbocycles. The van der Waals surface area contributed by atoms with Gasteiger partial charge in [-0.15, -0.1) is 0 Å². The minimum Gasteiger partial charge on any atom is -0.496 e.